The van der Waals surface area contributed by atoms with Crippen molar-refractivity contribution in [3.8, 4) is 5.75 Å². The van der Waals surface area contributed by atoms with Crippen LogP contribution in [0.4, 0.5) is 8.78 Å². The Labute approximate surface area is 708 Å². The fourth-order valence-corrected chi connectivity index (χ4v) is 13.4. The van der Waals surface area contributed by atoms with Crippen LogP contribution in [-0.4, -0.2) is 45.2 Å². The molecule has 114 heavy (non-hydrogen) atoms. The van der Waals surface area contributed by atoms with Crippen molar-refractivity contribution in [1.29, 1.82) is 0 Å². The van der Waals surface area contributed by atoms with E-state index < -0.39 is 15.2 Å². The van der Waals surface area contributed by atoms with Gasteiger partial charge in [0.25, 0.3) is 0 Å². The fourth-order valence-electron chi connectivity index (χ4n) is 13.3. The van der Waals surface area contributed by atoms with E-state index in [2.05, 4.69) is 146 Å². The number of ketones is 2. The summed E-state index contributed by atoms with van der Waals surface area (Å²) in [5.74, 6) is -1.40. The van der Waals surface area contributed by atoms with E-state index in [1.54, 1.807) is 50.4 Å². The van der Waals surface area contributed by atoms with Crippen molar-refractivity contribution >= 4 is 70.9 Å². The Bertz CT molecular complexity index is 2950. The second kappa shape index (κ2) is 81.1. The normalized spacial score (nSPS) is 14.4. The molecule has 1 N–H and O–H groups in total. The molecule has 4 atom stereocenters. The lowest BCUT2D eigenvalue weighted by Crippen LogP contribution is -2.44. The summed E-state index contributed by atoms with van der Waals surface area (Å²) in [5, 5.41) is 8.30. The van der Waals surface area contributed by atoms with E-state index in [4.69, 9.17) is 30.4 Å². The quantitative estimate of drug-likeness (QED) is 0.0192. The largest absolute Gasteiger partial charge is 0.481 e. The monoisotopic (exact) mass is 1660 g/mol. The first kappa shape index (κ1) is 108. The van der Waals surface area contributed by atoms with Crippen LogP contribution in [0.3, 0.4) is 0 Å². The molecular weight excluding hydrogens is 1510 g/mol. The molecule has 2 unspecified atom stereocenters. The van der Waals surface area contributed by atoms with Crippen LogP contribution in [0.1, 0.15) is 390 Å². The molecule has 1 aliphatic carbocycles. The van der Waals surface area contributed by atoms with Gasteiger partial charge in [0, 0.05) is 66.0 Å². The van der Waals surface area contributed by atoms with E-state index >= 15 is 0 Å². The summed E-state index contributed by atoms with van der Waals surface area (Å²) in [7, 11) is 8.97. The van der Waals surface area contributed by atoms with E-state index in [1.807, 2.05) is 12.1 Å². The second-order valence-electron chi connectivity index (χ2n) is 30.0. The van der Waals surface area contributed by atoms with Gasteiger partial charge in [-0.3, -0.25) is 19.2 Å². The maximum Gasteiger partial charge on any atom is 0.311 e. The molecule has 4 rings (SSSR count). The highest BCUT2D eigenvalue weighted by Gasteiger charge is 2.50. The summed E-state index contributed by atoms with van der Waals surface area (Å²) < 4.78 is 47.6. The molecule has 1 saturated carbocycles. The molecule has 0 radical (unpaired) electrons. The number of methoxy groups -OCH3 is 1. The zero-order chi connectivity index (χ0) is 83.8. The first-order chi connectivity index (χ1) is 55.4. The Morgan fingerprint density at radius 2 is 0.737 bits per heavy atom. The molecule has 3 aromatic rings. The minimum absolute atomic E-state index is 0.114. The average molecular weight is 1660 g/mol. The Kier molecular flexibility index (Phi) is 77.1. The number of hydrogen-bond acceptors (Lipinski definition) is 8. The van der Waals surface area contributed by atoms with Crippen LogP contribution in [0.2, 0.25) is 0 Å². The summed E-state index contributed by atoms with van der Waals surface area (Å²) in [5.41, 5.74) is 2.61. The fraction of sp³-hybridized carbons (Fsp3) is 0.606. The van der Waals surface area contributed by atoms with E-state index in [-0.39, 0.29) is 52.5 Å². The van der Waals surface area contributed by atoms with Crippen molar-refractivity contribution < 1.29 is 51.5 Å². The summed E-state index contributed by atoms with van der Waals surface area (Å²) in [6.45, 7) is 10.6. The van der Waals surface area contributed by atoms with Crippen LogP contribution >= 0.6 is 33.0 Å². The number of benzene rings is 3. The van der Waals surface area contributed by atoms with Gasteiger partial charge in [0.1, 0.15) is 29.0 Å². The molecule has 1 aliphatic rings. The summed E-state index contributed by atoms with van der Waals surface area (Å²) >= 11 is 5.28. The van der Waals surface area contributed by atoms with Crippen LogP contribution in [0, 0.1) is 17.6 Å². The van der Waals surface area contributed by atoms with Crippen molar-refractivity contribution in [3.05, 3.63) is 198 Å². The van der Waals surface area contributed by atoms with Gasteiger partial charge in [-0.2, -0.15) is 0 Å². The number of unbranched alkanes of at least 4 members (excludes halogenated alkanes) is 32. The second-order valence-corrected chi connectivity index (χ2v) is 33.0. The molecule has 1 fully saturated rings. The molecule has 0 heterocycles. The van der Waals surface area contributed by atoms with Crippen LogP contribution in [-0.2, 0) is 37.9 Å². The number of esters is 1. The maximum atomic E-state index is 13.7. The predicted octanol–water partition coefficient (Wildman–Crippen LogP) is 31.8. The Morgan fingerprint density at radius 1 is 0.430 bits per heavy atom. The number of halogens is 5. The van der Waals surface area contributed by atoms with Gasteiger partial charge in [0.05, 0.1) is 12.0 Å². The average Bonchev–Trinajstić information content (AvgIpc) is 0.741. The molecule has 0 bridgehead atoms. The Balaban J connectivity index is 0.00000165. The number of carbonyl (C=O) groups excluding carboxylic acids is 4. The molecule has 9 nitrogen and oxygen atoms in total. The molecule has 0 amide bonds. The predicted molar refractivity (Wildman–Crippen MR) is 484 cm³/mol. The summed E-state index contributed by atoms with van der Waals surface area (Å²) in [6, 6.07) is 19.8. The lowest BCUT2D eigenvalue weighted by molar-refractivity contribution is -0.137. The van der Waals surface area contributed by atoms with Gasteiger partial charge < -0.3 is 19.4 Å². The van der Waals surface area contributed by atoms with E-state index in [1.165, 1.54) is 210 Å². The number of Topliss-reactive ketones (excluding diaryl/α,β-unsaturated/α-hetero) is 2. The highest BCUT2D eigenvalue weighted by molar-refractivity contribution is 8.26. The van der Waals surface area contributed by atoms with Gasteiger partial charge in [0.2, 0.25) is 14.5 Å². The number of carbonyl (C=O) groups is 5. The molecule has 3 aromatic carbocycles. The summed E-state index contributed by atoms with van der Waals surface area (Å²) in [6.07, 6.45) is 91.6. The van der Waals surface area contributed by atoms with Crippen molar-refractivity contribution in [2.75, 3.05) is 7.11 Å². The number of hydrogen-bond donors (Lipinski definition) is 1. The van der Waals surface area contributed by atoms with E-state index in [9.17, 15) is 32.8 Å². The molecule has 0 spiro atoms. The van der Waals surface area contributed by atoms with Gasteiger partial charge in [-0.15, -0.1) is 0 Å². The number of ether oxygens (including phenoxy) is 2. The smallest absolute Gasteiger partial charge is 0.311 e. The van der Waals surface area contributed by atoms with Crippen LogP contribution in [0.25, 0.3) is 0 Å². The van der Waals surface area contributed by atoms with Gasteiger partial charge in [-0.25, -0.2) is 13.0 Å². The van der Waals surface area contributed by atoms with Crippen molar-refractivity contribution in [2.24, 2.45) is 5.92 Å². The zero-order valence-corrected chi connectivity index (χ0v) is 74.4. The van der Waals surface area contributed by atoms with Gasteiger partial charge >= 0.3 is 11.9 Å². The van der Waals surface area contributed by atoms with Crippen molar-refractivity contribution in [2.45, 2.75) is 374 Å². The lowest BCUT2D eigenvalue weighted by Gasteiger charge is -2.44. The highest BCUT2D eigenvalue weighted by Crippen LogP contribution is 2.53. The minimum Gasteiger partial charge on any atom is -0.481 e. The number of rotatable bonds is 64. The third-order valence-corrected chi connectivity index (χ3v) is 20.1. The van der Waals surface area contributed by atoms with Gasteiger partial charge in [0.15, 0.2) is 0 Å². The van der Waals surface area contributed by atoms with Crippen LogP contribution in [0.5, 0.6) is 5.75 Å². The number of allylic oxidation sites excluding steroid dienone is 16. The molecule has 0 aliphatic heterocycles. The topological polar surface area (TPSA) is 141 Å². The number of carboxylic acid groups (broad SMARTS) is 1. The van der Waals surface area contributed by atoms with E-state index in [0.717, 1.165) is 119 Å². The Morgan fingerprint density at radius 3 is 1.07 bits per heavy atom. The number of carboxylic acids is 1. The maximum absolute atomic E-state index is 13.7. The van der Waals surface area contributed by atoms with Gasteiger partial charge in [-0.1, -0.05) is 290 Å². The summed E-state index contributed by atoms with van der Waals surface area (Å²) in [4.78, 5) is 57.7. The number of aliphatic carboxylic acids is 1. The third kappa shape index (κ3) is 68.4. The molecule has 642 valence electrons. The molecule has 15 heteroatoms. The standard InChI is InChI=1S/C44H54F2O4.C19H34O.C18H31ClO.C18H32O2.Cl2OS/c1-3-4-5-6-7-8-9-10-11-12-13-14-15-16-17-18-41(47)50-38-29-23-34(24-30-38)42-39(44(48)43(42)35-21-27-37(46)28-22-35)31-32-40(49-2)33-19-25-36(45)26-20-33;1-3-4-5-6-7-8-9-10-11-12-13-14-15-16-17-18-19(2)20;2*1-2-3-4-5-6-7-8-9-10-11-12-13-14-15-16-17-18(19)20;1-4(2)3/h7-8,10-11,19-30,39-40,42-43H,3-6,9,12-18,31-32H2,1-2H3;7-8,10-11H,3-6,9,12-18H2,1-2H3;6-7,9-10H,2-5,8,11-17H2,1H3;6-7,9-10H,2-5,8,11-17H2,1H3,(H,19,20);/b2*8-7-,11-10-;2*7-6-,10-9-;/t39-,40?,42-,43?;;;;/m1..../s1. The van der Waals surface area contributed by atoms with Crippen LogP contribution in [0.15, 0.2) is 170 Å². The van der Waals surface area contributed by atoms with Crippen LogP contribution < -0.4 is 4.74 Å². The zero-order valence-electron chi connectivity index (χ0n) is 71.3. The first-order valence-electron chi connectivity index (χ1n) is 44.2. The van der Waals surface area contributed by atoms with Gasteiger partial charge in [-0.05, 0) is 239 Å². The highest BCUT2D eigenvalue weighted by atomic mass is 36.0. The van der Waals surface area contributed by atoms with Crippen molar-refractivity contribution in [1.82, 2.24) is 0 Å². The molecular formula is C99H151Cl3F2O9S. The van der Waals surface area contributed by atoms with Crippen molar-refractivity contribution in [3.63, 3.8) is 0 Å². The minimum atomic E-state index is -1.67. The molecule has 0 saturated heterocycles. The SMILES string of the molecule is CCCCC/C=C\C/C=C\CCCCCCCC(=O)Cl.CCCCC/C=C\C/C=C\CCCCCCCC(=O)O.CCCCC/C=C\C/C=C\CCCCCCCC(=O)Oc1ccc([C@H]2C(c3ccc(F)cc3)C(=O)[C@@H]2CCC(OC)c2ccc(F)cc2)cc1.CCCCC/C=C\C/C=C\CCCCCCCC(C)=O.O=S(Cl)Cl. The third-order valence-electron chi connectivity index (χ3n) is 19.9. The lowest BCUT2D eigenvalue weighted by atomic mass is 9.57. The Hall–Kier alpha value is -5.63. The first-order valence-corrected chi connectivity index (χ1v) is 47.4. The molecule has 0 aromatic heterocycles. The van der Waals surface area contributed by atoms with E-state index in [0.29, 0.717) is 43.6 Å².